The second-order valence-corrected chi connectivity index (χ2v) is 8.06. The number of oxazole rings is 1. The standard InChI is InChI=1S/C23H30N4O3/c28-20-9-5-11-27(16-20)23(29)21-18-30-22(24-21)17-26-14-12-25(13-15-26)10-4-8-19-6-2-1-3-7-19/h1-4,6-8,18,20,28H,5,9-17H2/b8-4+/t20-/m1/s1. The second-order valence-electron chi connectivity index (χ2n) is 8.06. The smallest absolute Gasteiger partial charge is 0.275 e. The molecule has 0 aliphatic carbocycles. The fraction of sp³-hybridized carbons (Fsp3) is 0.478. The van der Waals surface area contributed by atoms with Gasteiger partial charge >= 0.3 is 0 Å². The van der Waals surface area contributed by atoms with Crippen molar-refractivity contribution < 1.29 is 14.3 Å². The molecule has 0 unspecified atom stereocenters. The van der Waals surface area contributed by atoms with Gasteiger partial charge in [0.05, 0.1) is 12.6 Å². The van der Waals surface area contributed by atoms with Crippen molar-refractivity contribution in [1.82, 2.24) is 19.7 Å². The monoisotopic (exact) mass is 410 g/mol. The summed E-state index contributed by atoms with van der Waals surface area (Å²) in [6.45, 7) is 6.49. The highest BCUT2D eigenvalue weighted by molar-refractivity contribution is 5.92. The molecule has 1 N–H and O–H groups in total. The van der Waals surface area contributed by atoms with E-state index in [1.165, 1.54) is 11.8 Å². The van der Waals surface area contributed by atoms with Gasteiger partial charge in [-0.25, -0.2) is 4.98 Å². The number of likely N-dealkylation sites (tertiary alicyclic amines) is 1. The summed E-state index contributed by atoms with van der Waals surface area (Å²) < 4.78 is 5.56. The van der Waals surface area contributed by atoms with E-state index in [4.69, 9.17) is 4.42 Å². The van der Waals surface area contributed by atoms with Crippen LogP contribution in [0.1, 0.15) is 34.8 Å². The van der Waals surface area contributed by atoms with E-state index in [0.29, 0.717) is 31.2 Å². The van der Waals surface area contributed by atoms with Crippen molar-refractivity contribution in [3.05, 3.63) is 59.8 Å². The van der Waals surface area contributed by atoms with Crippen LogP contribution in [0, 0.1) is 0 Å². The van der Waals surface area contributed by atoms with E-state index in [-0.39, 0.29) is 5.91 Å². The number of nitrogens with zero attached hydrogens (tertiary/aromatic N) is 4. The van der Waals surface area contributed by atoms with Gasteiger partial charge in [-0.1, -0.05) is 42.5 Å². The average Bonchev–Trinajstić information content (AvgIpc) is 3.24. The second kappa shape index (κ2) is 10.0. The van der Waals surface area contributed by atoms with E-state index in [1.807, 2.05) is 6.07 Å². The molecule has 160 valence electrons. The third kappa shape index (κ3) is 5.56. The van der Waals surface area contributed by atoms with Crippen LogP contribution in [0.4, 0.5) is 0 Å². The molecule has 0 saturated carbocycles. The zero-order valence-electron chi connectivity index (χ0n) is 17.3. The molecule has 4 rings (SSSR count). The lowest BCUT2D eigenvalue weighted by molar-refractivity contribution is 0.0469. The normalized spacial score (nSPS) is 21.4. The maximum atomic E-state index is 12.6. The van der Waals surface area contributed by atoms with Crippen LogP contribution in [-0.2, 0) is 6.54 Å². The molecular formula is C23H30N4O3. The van der Waals surface area contributed by atoms with Gasteiger partial charge in [0.15, 0.2) is 5.69 Å². The predicted molar refractivity (Wildman–Crippen MR) is 115 cm³/mol. The van der Waals surface area contributed by atoms with Crippen LogP contribution in [0.5, 0.6) is 0 Å². The van der Waals surface area contributed by atoms with E-state index < -0.39 is 6.10 Å². The lowest BCUT2D eigenvalue weighted by Gasteiger charge is -2.33. The van der Waals surface area contributed by atoms with Crippen LogP contribution in [-0.4, -0.2) is 82.6 Å². The van der Waals surface area contributed by atoms with Gasteiger partial charge in [0, 0.05) is 45.8 Å². The number of β-amino-alcohol motifs (C(OH)–C–C–N with tert-alkyl or cyclic N) is 1. The number of piperazine rings is 1. The molecule has 7 heteroatoms. The summed E-state index contributed by atoms with van der Waals surface area (Å²) in [4.78, 5) is 23.4. The number of amides is 1. The Morgan fingerprint density at radius 3 is 2.67 bits per heavy atom. The predicted octanol–water partition coefficient (Wildman–Crippen LogP) is 2.10. The molecule has 2 aliphatic heterocycles. The molecular weight excluding hydrogens is 380 g/mol. The first-order valence-corrected chi connectivity index (χ1v) is 10.8. The maximum Gasteiger partial charge on any atom is 0.275 e. The molecule has 1 atom stereocenters. The van der Waals surface area contributed by atoms with E-state index >= 15 is 0 Å². The summed E-state index contributed by atoms with van der Waals surface area (Å²) in [5, 5.41) is 9.78. The molecule has 7 nitrogen and oxygen atoms in total. The molecule has 2 fully saturated rings. The largest absolute Gasteiger partial charge is 0.447 e. The molecule has 2 aromatic rings. The number of hydrogen-bond acceptors (Lipinski definition) is 6. The molecule has 3 heterocycles. The van der Waals surface area contributed by atoms with E-state index in [9.17, 15) is 9.90 Å². The van der Waals surface area contributed by atoms with Crippen molar-refractivity contribution in [3.8, 4) is 0 Å². The third-order valence-electron chi connectivity index (χ3n) is 5.75. The summed E-state index contributed by atoms with van der Waals surface area (Å²) in [6, 6.07) is 10.3. The summed E-state index contributed by atoms with van der Waals surface area (Å²) in [5.74, 6) is 0.423. The first kappa shape index (κ1) is 20.8. The average molecular weight is 411 g/mol. The van der Waals surface area contributed by atoms with Crippen LogP contribution in [0.15, 0.2) is 47.1 Å². The third-order valence-corrected chi connectivity index (χ3v) is 5.75. The number of aliphatic hydroxyl groups excluding tert-OH is 1. The maximum absolute atomic E-state index is 12.6. The fourth-order valence-corrected chi connectivity index (χ4v) is 4.01. The molecule has 2 saturated heterocycles. The Bertz CT molecular complexity index is 843. The highest BCUT2D eigenvalue weighted by Gasteiger charge is 2.26. The van der Waals surface area contributed by atoms with Crippen molar-refractivity contribution in [2.45, 2.75) is 25.5 Å². The first-order chi connectivity index (χ1) is 14.7. The van der Waals surface area contributed by atoms with Crippen molar-refractivity contribution in [2.24, 2.45) is 0 Å². The Balaban J connectivity index is 1.22. The molecule has 1 aromatic heterocycles. The van der Waals surface area contributed by atoms with Gasteiger partial charge in [0.2, 0.25) is 5.89 Å². The number of carbonyl (C=O) groups excluding carboxylic acids is 1. The van der Waals surface area contributed by atoms with Crippen molar-refractivity contribution in [2.75, 3.05) is 45.8 Å². The van der Waals surface area contributed by atoms with Crippen LogP contribution in [0.3, 0.4) is 0 Å². The van der Waals surface area contributed by atoms with Gasteiger partial charge in [0.1, 0.15) is 6.26 Å². The van der Waals surface area contributed by atoms with Crippen LogP contribution < -0.4 is 0 Å². The fourth-order valence-electron chi connectivity index (χ4n) is 4.01. The SMILES string of the molecule is O=C(c1coc(CN2CCN(C/C=C/c3ccccc3)CC2)n1)N1CCC[C@@H](O)C1. The van der Waals surface area contributed by atoms with Crippen molar-refractivity contribution >= 4 is 12.0 Å². The highest BCUT2D eigenvalue weighted by atomic mass is 16.3. The number of aliphatic hydroxyl groups is 1. The van der Waals surface area contributed by atoms with Crippen molar-refractivity contribution in [3.63, 3.8) is 0 Å². The number of rotatable bonds is 6. The Hall–Kier alpha value is -2.48. The van der Waals surface area contributed by atoms with Crippen LogP contribution >= 0.6 is 0 Å². The van der Waals surface area contributed by atoms with Crippen molar-refractivity contribution in [1.29, 1.82) is 0 Å². The lowest BCUT2D eigenvalue weighted by Crippen LogP contribution is -2.45. The summed E-state index contributed by atoms with van der Waals surface area (Å²) in [5.41, 5.74) is 1.56. The quantitative estimate of drug-likeness (QED) is 0.786. The minimum absolute atomic E-state index is 0.154. The minimum Gasteiger partial charge on any atom is -0.447 e. The molecule has 2 aliphatic rings. The molecule has 1 amide bonds. The Kier molecular flexibility index (Phi) is 6.94. The number of aromatic nitrogens is 1. The topological polar surface area (TPSA) is 73.1 Å². The molecule has 0 radical (unpaired) electrons. The Morgan fingerprint density at radius 2 is 1.90 bits per heavy atom. The van der Waals surface area contributed by atoms with Gasteiger partial charge in [-0.2, -0.15) is 0 Å². The summed E-state index contributed by atoms with van der Waals surface area (Å²) >= 11 is 0. The highest BCUT2D eigenvalue weighted by Crippen LogP contribution is 2.15. The van der Waals surface area contributed by atoms with Gasteiger partial charge in [0.25, 0.3) is 5.91 Å². The van der Waals surface area contributed by atoms with Crippen LogP contribution in [0.25, 0.3) is 6.08 Å². The minimum atomic E-state index is -0.437. The zero-order valence-corrected chi connectivity index (χ0v) is 17.3. The number of benzene rings is 1. The number of hydrogen-bond donors (Lipinski definition) is 1. The number of carbonyl (C=O) groups is 1. The van der Waals surface area contributed by atoms with Crippen LogP contribution in [0.2, 0.25) is 0 Å². The lowest BCUT2D eigenvalue weighted by atomic mass is 10.1. The Morgan fingerprint density at radius 1 is 1.13 bits per heavy atom. The van der Waals surface area contributed by atoms with Gasteiger partial charge in [-0.05, 0) is 18.4 Å². The molecule has 0 bridgehead atoms. The van der Waals surface area contributed by atoms with Gasteiger partial charge in [-0.3, -0.25) is 14.6 Å². The van der Waals surface area contributed by atoms with E-state index in [0.717, 1.165) is 45.6 Å². The Labute approximate surface area is 177 Å². The number of piperidine rings is 1. The zero-order chi connectivity index (χ0) is 20.8. The van der Waals surface area contributed by atoms with E-state index in [1.54, 1.807) is 4.90 Å². The molecule has 1 aromatic carbocycles. The van der Waals surface area contributed by atoms with E-state index in [2.05, 4.69) is 51.2 Å². The van der Waals surface area contributed by atoms with Gasteiger partial charge in [-0.15, -0.1) is 0 Å². The molecule has 30 heavy (non-hydrogen) atoms. The first-order valence-electron chi connectivity index (χ1n) is 10.8. The summed E-state index contributed by atoms with van der Waals surface area (Å²) in [6.07, 6.45) is 6.97. The molecule has 0 spiro atoms. The van der Waals surface area contributed by atoms with Gasteiger partial charge < -0.3 is 14.4 Å². The summed E-state index contributed by atoms with van der Waals surface area (Å²) in [7, 11) is 0.